The number of nitrogen functional groups attached to an aromatic ring is 1. The van der Waals surface area contributed by atoms with Crippen molar-refractivity contribution in [3.05, 3.63) is 38.5 Å². The minimum Gasteiger partial charge on any atom is -0.444 e. The molecule has 12 heteroatoms. The van der Waals surface area contributed by atoms with Crippen molar-refractivity contribution in [1.29, 1.82) is 0 Å². The molecule has 3 rings (SSSR count). The van der Waals surface area contributed by atoms with Gasteiger partial charge in [0.05, 0.1) is 16.2 Å². The molecule has 0 aromatic carbocycles. The summed E-state index contributed by atoms with van der Waals surface area (Å²) in [6.07, 6.45) is 2.44. The Balaban J connectivity index is 1.67. The van der Waals surface area contributed by atoms with Crippen LogP contribution in [0.1, 0.15) is 48.1 Å². The molecule has 0 saturated carbocycles. The van der Waals surface area contributed by atoms with Crippen LogP contribution in [0.2, 0.25) is 0 Å². The number of rotatable bonds is 4. The minimum atomic E-state index is -0.650. The number of hydrogen-bond donors (Lipinski definition) is 3. The van der Waals surface area contributed by atoms with Gasteiger partial charge in [-0.05, 0) is 33.6 Å². The molecule has 0 unspecified atom stereocenters. The van der Waals surface area contributed by atoms with Crippen LogP contribution in [0.25, 0.3) is 0 Å². The molecule has 30 heavy (non-hydrogen) atoms. The standard InChI is InChI=1S/C18H22N6O5S/c1-18(2,3)29-17(26)21-9-4-5-12-13(6-9)30-16(22-12)23-15(25)11-7-10(24(27)28)8-20-14(11)19/h7-9H,4-6H2,1-3H3,(H2,19,20)(H,21,26)(H,22,23,25)/t9-/m0/s1. The van der Waals surface area contributed by atoms with Crippen LogP contribution in [-0.4, -0.2) is 38.5 Å². The summed E-state index contributed by atoms with van der Waals surface area (Å²) in [6, 6.07) is 0.986. The van der Waals surface area contributed by atoms with Crippen molar-refractivity contribution < 1.29 is 19.2 Å². The minimum absolute atomic E-state index is 0.0898. The highest BCUT2D eigenvalue weighted by Crippen LogP contribution is 2.30. The fourth-order valence-electron chi connectivity index (χ4n) is 2.94. The van der Waals surface area contributed by atoms with Gasteiger partial charge in [-0.15, -0.1) is 11.3 Å². The number of pyridine rings is 1. The smallest absolute Gasteiger partial charge is 0.407 e. The van der Waals surface area contributed by atoms with Crippen LogP contribution in [0.4, 0.5) is 21.4 Å². The van der Waals surface area contributed by atoms with Crippen LogP contribution >= 0.6 is 11.3 Å². The molecule has 4 N–H and O–H groups in total. The summed E-state index contributed by atoms with van der Waals surface area (Å²) in [5.41, 5.74) is 5.54. The molecule has 160 valence electrons. The molecule has 2 heterocycles. The number of anilines is 2. The fourth-order valence-corrected chi connectivity index (χ4v) is 4.02. The second-order valence-corrected chi connectivity index (χ2v) is 8.90. The summed E-state index contributed by atoms with van der Waals surface area (Å²) in [5, 5.41) is 16.7. The molecule has 2 aromatic rings. The lowest BCUT2D eigenvalue weighted by atomic mass is 9.98. The van der Waals surface area contributed by atoms with Crippen molar-refractivity contribution in [3.63, 3.8) is 0 Å². The number of thiazole rings is 1. The Kier molecular flexibility index (Phi) is 5.87. The lowest BCUT2D eigenvalue weighted by Crippen LogP contribution is -2.41. The van der Waals surface area contributed by atoms with E-state index in [4.69, 9.17) is 10.5 Å². The normalized spacial score (nSPS) is 15.8. The Bertz CT molecular complexity index is 999. The van der Waals surface area contributed by atoms with E-state index in [1.807, 2.05) is 0 Å². The zero-order valence-corrected chi connectivity index (χ0v) is 17.5. The average molecular weight is 434 g/mol. The Hall–Kier alpha value is -3.28. The zero-order valence-electron chi connectivity index (χ0n) is 16.7. The van der Waals surface area contributed by atoms with Gasteiger partial charge in [0.15, 0.2) is 5.13 Å². The zero-order chi connectivity index (χ0) is 22.1. The van der Waals surface area contributed by atoms with Gasteiger partial charge in [0.25, 0.3) is 11.6 Å². The summed E-state index contributed by atoms with van der Waals surface area (Å²) in [4.78, 5) is 43.8. The van der Waals surface area contributed by atoms with Crippen LogP contribution in [0.3, 0.4) is 0 Å². The number of carbonyl (C=O) groups is 2. The number of nitro groups is 1. The van der Waals surface area contributed by atoms with Crippen molar-refractivity contribution in [2.24, 2.45) is 0 Å². The number of aryl methyl sites for hydroxylation is 1. The molecule has 2 aromatic heterocycles. The average Bonchev–Trinajstić information content (AvgIpc) is 3.01. The Morgan fingerprint density at radius 3 is 2.80 bits per heavy atom. The van der Waals surface area contributed by atoms with Crippen LogP contribution in [0, 0.1) is 10.1 Å². The highest BCUT2D eigenvalue weighted by molar-refractivity contribution is 7.15. The second-order valence-electron chi connectivity index (χ2n) is 7.81. The monoisotopic (exact) mass is 434 g/mol. The van der Waals surface area contributed by atoms with Gasteiger partial charge in [-0.2, -0.15) is 0 Å². The Morgan fingerprint density at radius 1 is 1.40 bits per heavy atom. The molecule has 1 atom stereocenters. The lowest BCUT2D eigenvalue weighted by molar-refractivity contribution is -0.385. The second kappa shape index (κ2) is 8.22. The highest BCUT2D eigenvalue weighted by Gasteiger charge is 2.26. The van der Waals surface area contributed by atoms with E-state index in [0.717, 1.165) is 22.8 Å². The summed E-state index contributed by atoms with van der Waals surface area (Å²) in [7, 11) is 0. The van der Waals surface area contributed by atoms with Crippen LogP contribution < -0.4 is 16.4 Å². The molecule has 0 saturated heterocycles. The summed E-state index contributed by atoms with van der Waals surface area (Å²) in [6.45, 7) is 5.40. The first-order valence-electron chi connectivity index (χ1n) is 9.21. The molecule has 0 bridgehead atoms. The summed E-state index contributed by atoms with van der Waals surface area (Å²) in [5.74, 6) is -0.737. The summed E-state index contributed by atoms with van der Waals surface area (Å²) >= 11 is 1.29. The van der Waals surface area contributed by atoms with Crippen molar-refractivity contribution in [2.75, 3.05) is 11.1 Å². The molecular formula is C18H22N6O5S. The number of fused-ring (bicyclic) bond motifs is 1. The van der Waals surface area contributed by atoms with Crippen molar-refractivity contribution in [1.82, 2.24) is 15.3 Å². The molecule has 1 aliphatic rings. The van der Waals surface area contributed by atoms with Gasteiger partial charge in [0.2, 0.25) is 0 Å². The first-order valence-corrected chi connectivity index (χ1v) is 10.0. The first kappa shape index (κ1) is 21.4. The number of ether oxygens (including phenoxy) is 1. The third-order valence-corrected chi connectivity index (χ3v) is 5.28. The molecule has 0 fully saturated rings. The van der Waals surface area contributed by atoms with E-state index < -0.39 is 22.5 Å². The number of carbonyl (C=O) groups excluding carboxylic acids is 2. The molecule has 1 aliphatic carbocycles. The van der Waals surface area contributed by atoms with Crippen molar-refractivity contribution in [3.8, 4) is 0 Å². The van der Waals surface area contributed by atoms with Crippen molar-refractivity contribution in [2.45, 2.75) is 51.7 Å². The van der Waals surface area contributed by atoms with Crippen LogP contribution in [-0.2, 0) is 17.6 Å². The van der Waals surface area contributed by atoms with Gasteiger partial charge in [0, 0.05) is 23.4 Å². The van der Waals surface area contributed by atoms with E-state index in [0.29, 0.717) is 24.4 Å². The third kappa shape index (κ3) is 5.20. The van der Waals surface area contributed by atoms with Gasteiger partial charge in [-0.3, -0.25) is 20.2 Å². The van der Waals surface area contributed by atoms with Crippen molar-refractivity contribution >= 4 is 40.0 Å². The number of hydrogen-bond acceptors (Lipinski definition) is 9. The third-order valence-electron chi connectivity index (χ3n) is 4.24. The van der Waals surface area contributed by atoms with Gasteiger partial charge >= 0.3 is 6.09 Å². The van der Waals surface area contributed by atoms with E-state index in [9.17, 15) is 19.7 Å². The number of aromatic nitrogens is 2. The topological polar surface area (TPSA) is 162 Å². The quantitative estimate of drug-likeness (QED) is 0.488. The SMILES string of the molecule is CC(C)(C)OC(=O)N[C@H]1CCc2nc(NC(=O)c3cc([N+](=O)[O-])cnc3N)sc2C1. The number of nitrogens with one attached hydrogen (secondary N) is 2. The summed E-state index contributed by atoms with van der Waals surface area (Å²) < 4.78 is 5.29. The number of nitrogens with two attached hydrogens (primary N) is 1. The molecule has 0 spiro atoms. The van der Waals surface area contributed by atoms with Gasteiger partial charge < -0.3 is 15.8 Å². The molecule has 2 amide bonds. The van der Waals surface area contributed by atoms with E-state index in [-0.39, 0.29) is 23.1 Å². The maximum absolute atomic E-state index is 12.5. The maximum atomic E-state index is 12.5. The van der Waals surface area contributed by atoms with Gasteiger partial charge in [0.1, 0.15) is 17.6 Å². The Labute approximate surface area is 176 Å². The Morgan fingerprint density at radius 2 is 2.13 bits per heavy atom. The van der Waals surface area contributed by atoms with Gasteiger partial charge in [-0.1, -0.05) is 0 Å². The highest BCUT2D eigenvalue weighted by atomic mass is 32.1. The molecular weight excluding hydrogens is 412 g/mol. The molecule has 11 nitrogen and oxygen atoms in total. The molecule has 0 aliphatic heterocycles. The number of amides is 2. The van der Waals surface area contributed by atoms with Crippen LogP contribution in [0.5, 0.6) is 0 Å². The van der Waals surface area contributed by atoms with Crippen LogP contribution in [0.15, 0.2) is 12.3 Å². The molecule has 0 radical (unpaired) electrons. The predicted octanol–water partition coefficient (Wildman–Crippen LogP) is 2.66. The van der Waals surface area contributed by atoms with E-state index in [1.54, 1.807) is 20.8 Å². The lowest BCUT2D eigenvalue weighted by Gasteiger charge is -2.25. The largest absolute Gasteiger partial charge is 0.444 e. The maximum Gasteiger partial charge on any atom is 0.407 e. The predicted molar refractivity (Wildman–Crippen MR) is 111 cm³/mol. The number of nitrogens with zero attached hydrogens (tertiary/aromatic N) is 3. The fraction of sp³-hybridized carbons (Fsp3) is 0.444. The van der Waals surface area contributed by atoms with E-state index in [2.05, 4.69) is 20.6 Å². The van der Waals surface area contributed by atoms with E-state index in [1.165, 1.54) is 11.3 Å². The first-order chi connectivity index (χ1) is 14.0. The number of alkyl carbamates (subject to hydrolysis) is 1. The van der Waals surface area contributed by atoms with E-state index >= 15 is 0 Å². The van der Waals surface area contributed by atoms with Gasteiger partial charge in [-0.25, -0.2) is 14.8 Å².